The maximum atomic E-state index is 12.4. The molecular formula is C17H19N5O2S. The molecule has 7 nitrogen and oxygen atoms in total. The van der Waals surface area contributed by atoms with Gasteiger partial charge in [-0.2, -0.15) is 0 Å². The van der Waals surface area contributed by atoms with E-state index < -0.39 is 0 Å². The smallest absolute Gasteiger partial charge is 0.280 e. The number of nitrogens with one attached hydrogen (secondary N) is 3. The number of aliphatic hydroxyl groups excluding tert-OH is 1. The second-order valence-corrected chi connectivity index (χ2v) is 7.18. The summed E-state index contributed by atoms with van der Waals surface area (Å²) in [6, 6.07) is 10.4. The Morgan fingerprint density at radius 1 is 1.36 bits per heavy atom. The highest BCUT2D eigenvalue weighted by Crippen LogP contribution is 2.28. The molecule has 1 aliphatic heterocycles. The summed E-state index contributed by atoms with van der Waals surface area (Å²) < 4.78 is 0. The van der Waals surface area contributed by atoms with Gasteiger partial charge < -0.3 is 15.8 Å². The first-order valence-electron chi connectivity index (χ1n) is 8.16. The molecule has 1 amide bonds. The molecule has 8 heteroatoms. The zero-order chi connectivity index (χ0) is 17.2. The molecule has 0 spiro atoms. The van der Waals surface area contributed by atoms with Crippen LogP contribution < -0.4 is 16.3 Å². The standard InChI is InChI=1S/C17H19N5O2S/c23-10-13-9-22(21-20-13)14-6-12(7-14)19-16(24)17-18-8-15(25-17)11-4-2-1-3-5-11/h1-5,8-9,12,14,20-21,23H,6-7,10H2,(H,19,24). The number of aliphatic hydroxyl groups is 1. The number of hydrogen-bond acceptors (Lipinski definition) is 7. The van der Waals surface area contributed by atoms with E-state index in [1.807, 2.05) is 41.5 Å². The molecule has 25 heavy (non-hydrogen) atoms. The van der Waals surface area contributed by atoms with Crippen LogP contribution in [0.25, 0.3) is 10.4 Å². The monoisotopic (exact) mass is 357 g/mol. The fraction of sp³-hybridized carbons (Fsp3) is 0.294. The Kier molecular flexibility index (Phi) is 4.39. The number of nitrogens with zero attached hydrogens (tertiary/aromatic N) is 2. The molecular weight excluding hydrogens is 338 g/mol. The summed E-state index contributed by atoms with van der Waals surface area (Å²) in [6.45, 7) is -0.0236. The molecule has 0 radical (unpaired) electrons. The normalized spacial score (nSPS) is 22.1. The number of hydrogen-bond donors (Lipinski definition) is 4. The number of amides is 1. The highest BCUT2D eigenvalue weighted by Gasteiger charge is 2.35. The van der Waals surface area contributed by atoms with E-state index in [0.717, 1.165) is 29.0 Å². The molecule has 0 saturated heterocycles. The zero-order valence-electron chi connectivity index (χ0n) is 13.5. The number of benzene rings is 1. The summed E-state index contributed by atoms with van der Waals surface area (Å²) in [5, 5.41) is 14.5. The van der Waals surface area contributed by atoms with Crippen molar-refractivity contribution in [3.63, 3.8) is 0 Å². The molecule has 0 bridgehead atoms. The van der Waals surface area contributed by atoms with Crippen LogP contribution >= 0.6 is 11.3 Å². The largest absolute Gasteiger partial charge is 0.390 e. The minimum Gasteiger partial charge on any atom is -0.390 e. The van der Waals surface area contributed by atoms with Crippen molar-refractivity contribution in [2.24, 2.45) is 0 Å². The third-order valence-corrected chi connectivity index (χ3v) is 5.46. The van der Waals surface area contributed by atoms with Crippen LogP contribution in [0.5, 0.6) is 0 Å². The molecule has 1 aromatic heterocycles. The second-order valence-electron chi connectivity index (χ2n) is 6.15. The summed E-state index contributed by atoms with van der Waals surface area (Å²) in [5.74, 6) is -0.116. The van der Waals surface area contributed by atoms with E-state index in [-0.39, 0.29) is 18.6 Å². The van der Waals surface area contributed by atoms with Crippen LogP contribution in [-0.4, -0.2) is 39.7 Å². The number of carbonyl (C=O) groups is 1. The van der Waals surface area contributed by atoms with Crippen molar-refractivity contribution in [1.82, 2.24) is 26.3 Å². The molecule has 1 aliphatic carbocycles. The Morgan fingerprint density at radius 2 is 2.16 bits per heavy atom. The third kappa shape index (κ3) is 3.37. The van der Waals surface area contributed by atoms with Gasteiger partial charge >= 0.3 is 0 Å². The van der Waals surface area contributed by atoms with E-state index in [2.05, 4.69) is 21.3 Å². The molecule has 2 aromatic rings. The van der Waals surface area contributed by atoms with E-state index >= 15 is 0 Å². The summed E-state index contributed by atoms with van der Waals surface area (Å²) >= 11 is 1.41. The summed E-state index contributed by atoms with van der Waals surface area (Å²) in [7, 11) is 0. The van der Waals surface area contributed by atoms with Gasteiger partial charge in [-0.25, -0.2) is 4.98 Å². The van der Waals surface area contributed by atoms with Gasteiger partial charge in [-0.15, -0.1) is 16.9 Å². The molecule has 2 aliphatic rings. The van der Waals surface area contributed by atoms with Crippen LogP contribution in [-0.2, 0) is 0 Å². The van der Waals surface area contributed by atoms with Gasteiger partial charge in [-0.05, 0) is 18.4 Å². The summed E-state index contributed by atoms with van der Waals surface area (Å²) in [4.78, 5) is 17.6. The van der Waals surface area contributed by atoms with Gasteiger partial charge in [0.05, 0.1) is 23.2 Å². The average Bonchev–Trinajstić information content (AvgIpc) is 3.27. The Bertz CT molecular complexity index is 785. The Labute approximate surface area is 149 Å². The van der Waals surface area contributed by atoms with Crippen LogP contribution in [0.2, 0.25) is 0 Å². The van der Waals surface area contributed by atoms with Gasteiger partial charge in [0, 0.05) is 18.4 Å². The Balaban J connectivity index is 1.31. The van der Waals surface area contributed by atoms with Crippen LogP contribution in [0.4, 0.5) is 0 Å². The first kappa shape index (κ1) is 16.1. The van der Waals surface area contributed by atoms with Crippen LogP contribution in [0, 0.1) is 0 Å². The van der Waals surface area contributed by atoms with Gasteiger partial charge in [0.25, 0.3) is 5.91 Å². The molecule has 130 valence electrons. The molecule has 1 aromatic carbocycles. The maximum Gasteiger partial charge on any atom is 0.280 e. The van der Waals surface area contributed by atoms with Gasteiger partial charge in [0.1, 0.15) is 0 Å². The number of thiazole rings is 1. The van der Waals surface area contributed by atoms with Crippen molar-refractivity contribution in [3.05, 3.63) is 53.4 Å². The SMILES string of the molecule is O=C(NC1CC(N2C=C(CO)NN2)C1)c1ncc(-c2ccccc2)s1. The van der Waals surface area contributed by atoms with Crippen molar-refractivity contribution in [2.75, 3.05) is 6.61 Å². The zero-order valence-corrected chi connectivity index (χ0v) is 14.3. The molecule has 1 saturated carbocycles. The summed E-state index contributed by atoms with van der Waals surface area (Å²) in [5.41, 5.74) is 7.70. The number of carbonyl (C=O) groups excluding carboxylic acids is 1. The molecule has 4 N–H and O–H groups in total. The second kappa shape index (κ2) is 6.83. The molecule has 2 heterocycles. The lowest BCUT2D eigenvalue weighted by atomic mass is 9.86. The highest BCUT2D eigenvalue weighted by molar-refractivity contribution is 7.16. The number of aromatic nitrogens is 1. The Hall–Kier alpha value is -2.42. The lowest BCUT2D eigenvalue weighted by Crippen LogP contribution is -2.55. The minimum absolute atomic E-state index is 0.0236. The van der Waals surface area contributed by atoms with E-state index in [1.54, 1.807) is 6.20 Å². The third-order valence-electron chi connectivity index (χ3n) is 4.41. The Morgan fingerprint density at radius 3 is 2.88 bits per heavy atom. The highest BCUT2D eigenvalue weighted by atomic mass is 32.1. The number of rotatable bonds is 5. The predicted octanol–water partition coefficient (Wildman–Crippen LogP) is 1.23. The van der Waals surface area contributed by atoms with Crippen LogP contribution in [0.1, 0.15) is 22.6 Å². The summed E-state index contributed by atoms with van der Waals surface area (Å²) in [6.07, 6.45) is 5.31. The predicted molar refractivity (Wildman–Crippen MR) is 95.1 cm³/mol. The van der Waals surface area contributed by atoms with Crippen molar-refractivity contribution in [3.8, 4) is 10.4 Å². The maximum absolute atomic E-state index is 12.4. The fourth-order valence-electron chi connectivity index (χ4n) is 2.94. The van der Waals surface area contributed by atoms with Crippen molar-refractivity contribution >= 4 is 17.2 Å². The van der Waals surface area contributed by atoms with E-state index in [9.17, 15) is 4.79 Å². The topological polar surface area (TPSA) is 89.5 Å². The van der Waals surface area contributed by atoms with Gasteiger partial charge in [0.2, 0.25) is 0 Å². The van der Waals surface area contributed by atoms with E-state index in [0.29, 0.717) is 11.0 Å². The van der Waals surface area contributed by atoms with Crippen molar-refractivity contribution < 1.29 is 9.90 Å². The van der Waals surface area contributed by atoms with Crippen LogP contribution in [0.3, 0.4) is 0 Å². The lowest BCUT2D eigenvalue weighted by molar-refractivity contribution is 0.0762. The molecule has 1 fully saturated rings. The fourth-order valence-corrected chi connectivity index (χ4v) is 3.77. The lowest BCUT2D eigenvalue weighted by Gasteiger charge is -2.40. The van der Waals surface area contributed by atoms with Gasteiger partial charge in [-0.1, -0.05) is 30.3 Å². The van der Waals surface area contributed by atoms with Crippen molar-refractivity contribution in [2.45, 2.75) is 24.9 Å². The molecule has 4 rings (SSSR count). The van der Waals surface area contributed by atoms with Gasteiger partial charge in [-0.3, -0.25) is 9.80 Å². The first-order valence-corrected chi connectivity index (χ1v) is 8.98. The molecule has 0 unspecified atom stereocenters. The van der Waals surface area contributed by atoms with Crippen molar-refractivity contribution in [1.29, 1.82) is 0 Å². The van der Waals surface area contributed by atoms with Gasteiger partial charge in [0.15, 0.2) is 5.01 Å². The number of hydrazine groups is 2. The quantitative estimate of drug-likeness (QED) is 0.644. The van der Waals surface area contributed by atoms with E-state index in [4.69, 9.17) is 5.11 Å². The average molecular weight is 357 g/mol. The minimum atomic E-state index is -0.116. The van der Waals surface area contributed by atoms with E-state index in [1.165, 1.54) is 11.3 Å². The van der Waals surface area contributed by atoms with Crippen LogP contribution in [0.15, 0.2) is 48.4 Å². The molecule has 0 atom stereocenters. The first-order chi connectivity index (χ1) is 12.2.